The molecule has 0 atom stereocenters. The normalized spacial score (nSPS) is 15.3. The molecule has 98 valence electrons. The van der Waals surface area contributed by atoms with Crippen molar-refractivity contribution in [2.24, 2.45) is 0 Å². The van der Waals surface area contributed by atoms with Crippen LogP contribution in [0.3, 0.4) is 0 Å². The maximum absolute atomic E-state index is 12.0. The zero-order chi connectivity index (χ0) is 13.6. The Morgan fingerprint density at radius 2 is 1.63 bits per heavy atom. The molecular weight excluding hydrogens is 351 g/mol. The molecule has 1 aliphatic heterocycles. The van der Waals surface area contributed by atoms with E-state index in [-0.39, 0.29) is 5.97 Å². The molecule has 0 fully saturated rings. The van der Waals surface area contributed by atoms with Crippen LogP contribution in [0.4, 0.5) is 0 Å². The molecule has 2 aromatic rings. The summed E-state index contributed by atoms with van der Waals surface area (Å²) in [6.45, 7) is 6.32. The van der Waals surface area contributed by atoms with Gasteiger partial charge < -0.3 is 0 Å². The second-order valence-corrected chi connectivity index (χ2v) is 8.91. The number of hydrogen-bond donors (Lipinski definition) is 0. The Bertz CT molecular complexity index is 653. The summed E-state index contributed by atoms with van der Waals surface area (Å²) < 4.78 is 8.14. The molecule has 0 saturated carbocycles. The van der Waals surface area contributed by atoms with Crippen molar-refractivity contribution in [2.75, 3.05) is 0 Å². The van der Waals surface area contributed by atoms with Crippen molar-refractivity contribution in [2.45, 2.75) is 20.8 Å². The quantitative estimate of drug-likeness (QED) is 0.706. The summed E-state index contributed by atoms with van der Waals surface area (Å²) in [5, 5.41) is 0. The standard InChI is InChI=1S/C16H15IO2/c1-10-8-11(2)15(12(3)9-10)17-14-7-5-4-6-13(14)16(18)19-17/h4-9H,1-3H3. The van der Waals surface area contributed by atoms with Crippen LogP contribution >= 0.6 is 20.2 Å². The molecule has 0 radical (unpaired) electrons. The van der Waals surface area contributed by atoms with Crippen LogP contribution in [-0.2, 0) is 3.07 Å². The summed E-state index contributed by atoms with van der Waals surface area (Å²) in [5.41, 5.74) is 4.50. The minimum atomic E-state index is -2.05. The van der Waals surface area contributed by atoms with Gasteiger partial charge in [-0.1, -0.05) is 0 Å². The van der Waals surface area contributed by atoms with E-state index in [1.807, 2.05) is 24.3 Å². The van der Waals surface area contributed by atoms with E-state index in [4.69, 9.17) is 3.07 Å². The van der Waals surface area contributed by atoms with Gasteiger partial charge in [0.15, 0.2) is 0 Å². The molecule has 0 bridgehead atoms. The first-order chi connectivity index (χ1) is 9.08. The molecule has 0 aliphatic carbocycles. The van der Waals surface area contributed by atoms with Crippen LogP contribution in [0.5, 0.6) is 0 Å². The molecule has 2 nitrogen and oxygen atoms in total. The Morgan fingerprint density at radius 1 is 1.00 bits per heavy atom. The van der Waals surface area contributed by atoms with Gasteiger partial charge in [0.1, 0.15) is 0 Å². The molecule has 3 heteroatoms. The number of carbonyl (C=O) groups is 1. The van der Waals surface area contributed by atoms with E-state index >= 15 is 0 Å². The fourth-order valence-electron chi connectivity index (χ4n) is 2.50. The van der Waals surface area contributed by atoms with Crippen LogP contribution in [0.25, 0.3) is 0 Å². The Morgan fingerprint density at radius 3 is 2.32 bits per heavy atom. The molecule has 0 saturated heterocycles. The van der Waals surface area contributed by atoms with Gasteiger partial charge >= 0.3 is 121 Å². The summed E-state index contributed by atoms with van der Waals surface area (Å²) in [6, 6.07) is 12.2. The number of benzene rings is 2. The van der Waals surface area contributed by atoms with Crippen LogP contribution in [0.1, 0.15) is 27.0 Å². The van der Waals surface area contributed by atoms with Crippen molar-refractivity contribution in [3.8, 4) is 0 Å². The van der Waals surface area contributed by atoms with Gasteiger partial charge in [-0.15, -0.1) is 0 Å². The second kappa shape index (κ2) is 4.63. The molecule has 0 unspecified atom stereocenters. The molecule has 19 heavy (non-hydrogen) atoms. The van der Waals surface area contributed by atoms with Crippen molar-refractivity contribution >= 4 is 26.2 Å². The molecule has 0 aromatic heterocycles. The van der Waals surface area contributed by atoms with Crippen LogP contribution in [0.15, 0.2) is 36.4 Å². The SMILES string of the molecule is Cc1cc(C)c(I2OC(=O)c3ccccc32)c(C)c1. The van der Waals surface area contributed by atoms with Gasteiger partial charge in [0.2, 0.25) is 0 Å². The van der Waals surface area contributed by atoms with Gasteiger partial charge in [-0.25, -0.2) is 0 Å². The Balaban J connectivity index is 2.18. The van der Waals surface area contributed by atoms with E-state index in [2.05, 4.69) is 32.9 Å². The predicted molar refractivity (Wildman–Crippen MR) is 83.9 cm³/mol. The molecule has 0 amide bonds. The number of halogens is 1. The van der Waals surface area contributed by atoms with E-state index < -0.39 is 20.2 Å². The van der Waals surface area contributed by atoms with E-state index in [1.165, 1.54) is 20.3 Å². The average Bonchev–Trinajstić information content (AvgIpc) is 2.67. The number of hydrogen-bond acceptors (Lipinski definition) is 2. The Kier molecular flexibility index (Phi) is 3.09. The Labute approximate surface area is 120 Å². The Hall–Kier alpha value is -1.36. The van der Waals surface area contributed by atoms with E-state index in [1.54, 1.807) is 0 Å². The molecule has 0 N–H and O–H groups in total. The van der Waals surface area contributed by atoms with Crippen molar-refractivity contribution in [1.29, 1.82) is 0 Å². The molecule has 1 heterocycles. The van der Waals surface area contributed by atoms with Gasteiger partial charge in [-0.05, 0) is 0 Å². The predicted octanol–water partition coefficient (Wildman–Crippen LogP) is 4.24. The van der Waals surface area contributed by atoms with E-state index in [9.17, 15) is 4.79 Å². The zero-order valence-corrected chi connectivity index (χ0v) is 13.3. The maximum atomic E-state index is 12.0. The fraction of sp³-hybridized carbons (Fsp3) is 0.188. The molecule has 0 spiro atoms. The average molecular weight is 366 g/mol. The molecule has 2 aromatic carbocycles. The first-order valence-corrected chi connectivity index (χ1v) is 9.21. The monoisotopic (exact) mass is 366 g/mol. The van der Waals surface area contributed by atoms with Crippen molar-refractivity contribution in [3.05, 3.63) is 65.8 Å². The van der Waals surface area contributed by atoms with Crippen LogP contribution < -0.4 is 0 Å². The zero-order valence-electron chi connectivity index (χ0n) is 11.2. The third-order valence-corrected chi connectivity index (χ3v) is 8.70. The van der Waals surface area contributed by atoms with Gasteiger partial charge in [0.05, 0.1) is 0 Å². The number of rotatable bonds is 1. The van der Waals surface area contributed by atoms with Gasteiger partial charge in [-0.3, -0.25) is 0 Å². The van der Waals surface area contributed by atoms with Gasteiger partial charge in [0.25, 0.3) is 0 Å². The van der Waals surface area contributed by atoms with Crippen molar-refractivity contribution < 1.29 is 7.86 Å². The summed E-state index contributed by atoms with van der Waals surface area (Å²) in [4.78, 5) is 12.0. The summed E-state index contributed by atoms with van der Waals surface area (Å²) in [6.07, 6.45) is 0. The summed E-state index contributed by atoms with van der Waals surface area (Å²) in [5.74, 6) is -0.153. The number of carbonyl (C=O) groups excluding carboxylic acids is 1. The fourth-order valence-corrected chi connectivity index (χ4v) is 7.50. The van der Waals surface area contributed by atoms with Crippen LogP contribution in [0.2, 0.25) is 0 Å². The first-order valence-electron chi connectivity index (χ1n) is 6.17. The van der Waals surface area contributed by atoms with E-state index in [0.717, 1.165) is 9.13 Å². The van der Waals surface area contributed by atoms with Crippen LogP contribution in [0, 0.1) is 27.9 Å². The second-order valence-electron chi connectivity index (χ2n) is 4.81. The van der Waals surface area contributed by atoms with Gasteiger partial charge in [-0.2, -0.15) is 0 Å². The van der Waals surface area contributed by atoms with Crippen molar-refractivity contribution in [1.82, 2.24) is 0 Å². The summed E-state index contributed by atoms with van der Waals surface area (Å²) in [7, 11) is 0. The van der Waals surface area contributed by atoms with Gasteiger partial charge in [0, 0.05) is 0 Å². The third-order valence-electron chi connectivity index (χ3n) is 3.18. The molecule has 1 aliphatic rings. The van der Waals surface area contributed by atoms with E-state index in [0.29, 0.717) is 0 Å². The van der Waals surface area contributed by atoms with Crippen LogP contribution in [-0.4, -0.2) is 5.97 Å². The molecule has 3 rings (SSSR count). The number of aryl methyl sites for hydroxylation is 3. The molecular formula is C16H15IO2. The first kappa shape index (κ1) is 12.7. The number of fused-ring (bicyclic) bond motifs is 1. The minimum absolute atomic E-state index is 0.153. The summed E-state index contributed by atoms with van der Waals surface area (Å²) >= 11 is -2.05. The topological polar surface area (TPSA) is 26.3 Å². The van der Waals surface area contributed by atoms with Crippen molar-refractivity contribution in [3.63, 3.8) is 0 Å². The third kappa shape index (κ3) is 2.06.